The van der Waals surface area contributed by atoms with Gasteiger partial charge in [-0.05, 0) is 43.3 Å². The van der Waals surface area contributed by atoms with E-state index in [1.807, 2.05) is 0 Å². The minimum absolute atomic E-state index is 0.0896. The molecule has 0 aliphatic heterocycles. The first-order chi connectivity index (χ1) is 10.9. The molecule has 0 aromatic rings. The summed E-state index contributed by atoms with van der Waals surface area (Å²) in [6, 6.07) is -0.185. The number of amides is 1. The lowest BCUT2D eigenvalue weighted by Gasteiger charge is -2.39. The summed E-state index contributed by atoms with van der Waals surface area (Å²) in [5.41, 5.74) is 0. The number of carboxylic acid groups (broad SMARTS) is 1. The molecule has 6 heteroatoms. The Hall–Kier alpha value is -0.883. The van der Waals surface area contributed by atoms with Crippen LogP contribution in [0.3, 0.4) is 0 Å². The van der Waals surface area contributed by atoms with Crippen molar-refractivity contribution in [3.63, 3.8) is 0 Å². The van der Waals surface area contributed by atoms with Crippen molar-refractivity contribution in [2.75, 3.05) is 13.2 Å². The predicted molar refractivity (Wildman–Crippen MR) is 101 cm³/mol. The highest BCUT2D eigenvalue weighted by Gasteiger charge is 2.38. The minimum Gasteiger partial charge on any atom is -0.465 e. The zero-order valence-corrected chi connectivity index (χ0v) is 17.6. The highest BCUT2D eigenvalue weighted by Crippen LogP contribution is 2.36. The van der Waals surface area contributed by atoms with Gasteiger partial charge in [-0.15, -0.1) is 0 Å². The van der Waals surface area contributed by atoms with E-state index in [0.29, 0.717) is 38.3 Å². The van der Waals surface area contributed by atoms with Crippen LogP contribution in [0.2, 0.25) is 18.1 Å². The molecular formula is C18H37NO4Si. The maximum absolute atomic E-state index is 11.7. The number of nitrogens with zero attached hydrogens (tertiary/aromatic N) is 1. The lowest BCUT2D eigenvalue weighted by molar-refractivity contribution is -0.108. The molecule has 0 unspecified atom stereocenters. The first-order valence-corrected chi connectivity index (χ1v) is 11.9. The summed E-state index contributed by atoms with van der Waals surface area (Å²) in [6.07, 6.45) is 2.65. The molecule has 0 radical (unpaired) electrons. The van der Waals surface area contributed by atoms with E-state index in [2.05, 4.69) is 47.7 Å². The van der Waals surface area contributed by atoms with E-state index in [0.717, 1.165) is 12.7 Å². The van der Waals surface area contributed by atoms with Gasteiger partial charge in [0.15, 0.2) is 8.32 Å². The van der Waals surface area contributed by atoms with Crippen LogP contribution in [0.5, 0.6) is 0 Å². The fourth-order valence-corrected chi connectivity index (χ4v) is 3.16. The summed E-state index contributed by atoms with van der Waals surface area (Å²) in [5, 5.41) is 9.70. The van der Waals surface area contributed by atoms with Crippen molar-refractivity contribution in [3.05, 3.63) is 0 Å². The van der Waals surface area contributed by atoms with Crippen molar-refractivity contribution < 1.29 is 19.1 Å². The van der Waals surface area contributed by atoms with Crippen LogP contribution < -0.4 is 0 Å². The topological polar surface area (TPSA) is 66.8 Å². The van der Waals surface area contributed by atoms with Crippen LogP contribution in [0, 0.1) is 5.92 Å². The van der Waals surface area contributed by atoms with Gasteiger partial charge in [0.1, 0.15) is 6.29 Å². The molecule has 0 aliphatic rings. The summed E-state index contributed by atoms with van der Waals surface area (Å²) in [5.74, 6) is 0.448. The summed E-state index contributed by atoms with van der Waals surface area (Å²) >= 11 is 0. The Morgan fingerprint density at radius 3 is 2.25 bits per heavy atom. The van der Waals surface area contributed by atoms with E-state index in [9.17, 15) is 14.7 Å². The molecule has 0 saturated carbocycles. The summed E-state index contributed by atoms with van der Waals surface area (Å²) in [6.45, 7) is 16.0. The monoisotopic (exact) mass is 359 g/mol. The standard InChI is InChI=1S/C18H37NO4Si/c1-15(2)11-12-19(17(21)22)16(10-8-9-13-20)14-23-24(6,7)18(3,4)5/h13,15-16H,8-12,14H2,1-7H3,(H,21,22)/t16-/m0/s1. The molecular weight excluding hydrogens is 322 g/mol. The third kappa shape index (κ3) is 8.28. The van der Waals surface area contributed by atoms with Gasteiger partial charge < -0.3 is 19.2 Å². The Morgan fingerprint density at radius 2 is 1.83 bits per heavy atom. The molecule has 24 heavy (non-hydrogen) atoms. The third-order valence-electron chi connectivity index (χ3n) is 4.94. The fourth-order valence-electron chi connectivity index (χ4n) is 2.12. The van der Waals surface area contributed by atoms with Crippen molar-refractivity contribution in [1.29, 1.82) is 0 Å². The maximum Gasteiger partial charge on any atom is 0.407 e. The van der Waals surface area contributed by atoms with Crippen LogP contribution in [-0.4, -0.2) is 49.9 Å². The van der Waals surface area contributed by atoms with E-state index >= 15 is 0 Å². The van der Waals surface area contributed by atoms with Crippen molar-refractivity contribution >= 4 is 20.7 Å². The number of unbranched alkanes of at least 4 members (excludes halogenated alkanes) is 1. The van der Waals surface area contributed by atoms with Crippen LogP contribution in [0.15, 0.2) is 0 Å². The lowest BCUT2D eigenvalue weighted by atomic mass is 10.1. The second-order valence-electron chi connectivity index (χ2n) is 8.48. The largest absolute Gasteiger partial charge is 0.465 e. The number of rotatable bonds is 11. The van der Waals surface area contributed by atoms with Crippen molar-refractivity contribution in [1.82, 2.24) is 4.90 Å². The molecule has 1 atom stereocenters. The second-order valence-corrected chi connectivity index (χ2v) is 13.3. The average Bonchev–Trinajstić information content (AvgIpc) is 2.42. The molecule has 142 valence electrons. The summed E-state index contributed by atoms with van der Waals surface area (Å²) in [4.78, 5) is 23.8. The van der Waals surface area contributed by atoms with Crippen LogP contribution in [0.4, 0.5) is 4.79 Å². The Labute approximate surface area is 148 Å². The fraction of sp³-hybridized carbons (Fsp3) is 0.889. The van der Waals surface area contributed by atoms with Crippen LogP contribution >= 0.6 is 0 Å². The normalized spacial score (nSPS) is 13.8. The third-order valence-corrected chi connectivity index (χ3v) is 9.44. The maximum atomic E-state index is 11.7. The Bertz CT molecular complexity index is 391. The number of carbonyl (C=O) groups excluding carboxylic acids is 1. The molecule has 0 heterocycles. The Kier molecular flexibility index (Phi) is 9.81. The molecule has 0 aliphatic carbocycles. The van der Waals surface area contributed by atoms with Gasteiger partial charge in [-0.2, -0.15) is 0 Å². The van der Waals surface area contributed by atoms with Gasteiger partial charge in [0, 0.05) is 13.0 Å². The molecule has 1 amide bonds. The Balaban J connectivity index is 5.04. The first kappa shape index (κ1) is 23.1. The summed E-state index contributed by atoms with van der Waals surface area (Å²) < 4.78 is 6.27. The average molecular weight is 360 g/mol. The van der Waals surface area contributed by atoms with E-state index in [1.165, 1.54) is 4.90 Å². The van der Waals surface area contributed by atoms with Gasteiger partial charge in [-0.1, -0.05) is 34.6 Å². The van der Waals surface area contributed by atoms with Gasteiger partial charge in [-0.3, -0.25) is 0 Å². The lowest BCUT2D eigenvalue weighted by Crippen LogP contribution is -2.48. The van der Waals surface area contributed by atoms with E-state index in [-0.39, 0.29) is 11.1 Å². The summed E-state index contributed by atoms with van der Waals surface area (Å²) in [7, 11) is -1.93. The van der Waals surface area contributed by atoms with Crippen LogP contribution in [-0.2, 0) is 9.22 Å². The molecule has 1 N–H and O–H groups in total. The molecule has 0 fully saturated rings. The second kappa shape index (κ2) is 10.2. The zero-order chi connectivity index (χ0) is 19.0. The molecule has 0 spiro atoms. The number of carbonyl (C=O) groups is 2. The van der Waals surface area contributed by atoms with Crippen molar-refractivity contribution in [2.24, 2.45) is 5.92 Å². The van der Waals surface area contributed by atoms with Gasteiger partial charge in [0.2, 0.25) is 0 Å². The van der Waals surface area contributed by atoms with Gasteiger partial charge in [0.05, 0.1) is 12.6 Å². The van der Waals surface area contributed by atoms with Gasteiger partial charge in [0.25, 0.3) is 0 Å². The van der Waals surface area contributed by atoms with E-state index in [1.54, 1.807) is 0 Å². The predicted octanol–water partition coefficient (Wildman–Crippen LogP) is 4.77. The molecule has 0 bridgehead atoms. The number of hydrogen-bond donors (Lipinski definition) is 1. The quantitative estimate of drug-likeness (QED) is 0.328. The first-order valence-electron chi connectivity index (χ1n) is 8.99. The molecule has 5 nitrogen and oxygen atoms in total. The van der Waals surface area contributed by atoms with Crippen molar-refractivity contribution in [3.8, 4) is 0 Å². The number of aldehydes is 1. The zero-order valence-electron chi connectivity index (χ0n) is 16.6. The van der Waals surface area contributed by atoms with Gasteiger partial charge >= 0.3 is 6.09 Å². The van der Waals surface area contributed by atoms with Crippen LogP contribution in [0.25, 0.3) is 0 Å². The molecule has 0 rings (SSSR count). The van der Waals surface area contributed by atoms with E-state index in [4.69, 9.17) is 4.43 Å². The molecule has 0 saturated heterocycles. The molecule has 0 aromatic carbocycles. The highest BCUT2D eigenvalue weighted by molar-refractivity contribution is 6.74. The van der Waals surface area contributed by atoms with Crippen molar-refractivity contribution in [2.45, 2.75) is 84.5 Å². The Morgan fingerprint density at radius 1 is 1.25 bits per heavy atom. The smallest absolute Gasteiger partial charge is 0.407 e. The van der Waals surface area contributed by atoms with E-state index < -0.39 is 14.4 Å². The number of hydrogen-bond acceptors (Lipinski definition) is 3. The highest BCUT2D eigenvalue weighted by atomic mass is 28.4. The minimum atomic E-state index is -1.93. The van der Waals surface area contributed by atoms with Gasteiger partial charge in [-0.25, -0.2) is 4.79 Å². The molecule has 0 aromatic heterocycles. The van der Waals surface area contributed by atoms with Crippen LogP contribution in [0.1, 0.15) is 60.3 Å². The SMILES string of the molecule is CC(C)CCN(C(=O)O)[C@@H](CCCC=O)CO[Si](C)(C)C(C)(C)C.